The number of hydrogen-bond acceptors (Lipinski definition) is 6. The van der Waals surface area contributed by atoms with Crippen molar-refractivity contribution in [2.45, 2.75) is 13.5 Å². The number of aryl methyl sites for hydroxylation is 1. The number of benzene rings is 3. The molecule has 1 heterocycles. The summed E-state index contributed by atoms with van der Waals surface area (Å²) in [5, 5.41) is 12.6. The number of nitrogens with one attached hydrogen (secondary N) is 1. The summed E-state index contributed by atoms with van der Waals surface area (Å²) in [6, 6.07) is 22.7. The van der Waals surface area contributed by atoms with Crippen LogP contribution in [0.2, 0.25) is 0 Å². The van der Waals surface area contributed by atoms with E-state index in [0.717, 1.165) is 22.4 Å². The smallest absolute Gasteiger partial charge is 0.264 e. The van der Waals surface area contributed by atoms with E-state index in [-0.39, 0.29) is 12.5 Å². The van der Waals surface area contributed by atoms with Gasteiger partial charge in [-0.15, -0.1) is 0 Å². The molecule has 1 fully saturated rings. The lowest BCUT2D eigenvalue weighted by atomic mass is 10.1. The molecule has 0 aromatic heterocycles. The molecule has 1 aliphatic heterocycles. The molecule has 0 atom stereocenters. The molecular formula is C26H21N3O3S. The van der Waals surface area contributed by atoms with Crippen LogP contribution in [0.15, 0.2) is 76.6 Å². The third kappa shape index (κ3) is 5.43. The lowest BCUT2D eigenvalue weighted by molar-refractivity contribution is -0.115. The molecule has 0 unspecified atom stereocenters. The lowest BCUT2D eigenvalue weighted by Gasteiger charge is -2.12. The second-order valence-corrected chi connectivity index (χ2v) is 8.32. The molecule has 0 radical (unpaired) electrons. The highest BCUT2D eigenvalue weighted by molar-refractivity contribution is 8.18. The number of ether oxygens (including phenoxy) is 2. The van der Waals surface area contributed by atoms with E-state index >= 15 is 0 Å². The van der Waals surface area contributed by atoms with Gasteiger partial charge in [0, 0.05) is 5.56 Å². The Balaban J connectivity index is 1.49. The zero-order valence-electron chi connectivity index (χ0n) is 18.2. The number of amides is 1. The predicted octanol–water partition coefficient (Wildman–Crippen LogP) is 5.35. The number of methoxy groups -OCH3 is 1. The monoisotopic (exact) mass is 455 g/mol. The van der Waals surface area contributed by atoms with Crippen LogP contribution in [0.1, 0.15) is 22.3 Å². The molecule has 1 aliphatic rings. The topological polar surface area (TPSA) is 83.7 Å². The van der Waals surface area contributed by atoms with Gasteiger partial charge in [0.25, 0.3) is 5.91 Å². The summed E-state index contributed by atoms with van der Waals surface area (Å²) >= 11 is 1.29. The highest BCUT2D eigenvalue weighted by Crippen LogP contribution is 2.33. The number of carbonyl (C=O) groups is 1. The predicted molar refractivity (Wildman–Crippen MR) is 130 cm³/mol. The third-order valence-corrected chi connectivity index (χ3v) is 5.83. The van der Waals surface area contributed by atoms with Gasteiger partial charge in [0.05, 0.1) is 29.3 Å². The third-order valence-electron chi connectivity index (χ3n) is 4.92. The van der Waals surface area contributed by atoms with Gasteiger partial charge < -0.3 is 14.8 Å². The summed E-state index contributed by atoms with van der Waals surface area (Å²) in [5.74, 6) is 0.895. The van der Waals surface area contributed by atoms with E-state index in [2.05, 4.69) is 16.4 Å². The molecule has 0 spiro atoms. The Kier molecular flexibility index (Phi) is 6.77. The SMILES string of the molecule is COc1cc(/C=C2/SC(=Nc3ccc(C)cc3)NC2=O)ccc1OCc1ccccc1C#N. The Morgan fingerprint density at radius 3 is 2.64 bits per heavy atom. The average Bonchev–Trinajstić information content (AvgIpc) is 3.18. The Morgan fingerprint density at radius 2 is 1.88 bits per heavy atom. The second kappa shape index (κ2) is 10.1. The molecule has 164 valence electrons. The molecule has 1 amide bonds. The molecule has 0 bridgehead atoms. The number of carbonyl (C=O) groups excluding carboxylic acids is 1. The van der Waals surface area contributed by atoms with Crippen molar-refractivity contribution in [3.63, 3.8) is 0 Å². The Bertz CT molecular complexity index is 1290. The fourth-order valence-corrected chi connectivity index (χ4v) is 4.01. The van der Waals surface area contributed by atoms with Gasteiger partial charge in [-0.25, -0.2) is 4.99 Å². The fourth-order valence-electron chi connectivity index (χ4n) is 3.17. The number of thioether (sulfide) groups is 1. The molecule has 7 heteroatoms. The van der Waals surface area contributed by atoms with E-state index in [1.54, 1.807) is 25.3 Å². The van der Waals surface area contributed by atoms with Gasteiger partial charge in [-0.2, -0.15) is 5.26 Å². The average molecular weight is 456 g/mol. The van der Waals surface area contributed by atoms with E-state index in [1.807, 2.05) is 61.5 Å². The summed E-state index contributed by atoms with van der Waals surface area (Å²) in [6.07, 6.45) is 1.79. The molecule has 1 saturated heterocycles. The zero-order valence-corrected chi connectivity index (χ0v) is 19.0. The molecule has 3 aromatic rings. The van der Waals surface area contributed by atoms with Crippen LogP contribution in [-0.2, 0) is 11.4 Å². The minimum atomic E-state index is -0.196. The maximum atomic E-state index is 12.4. The van der Waals surface area contributed by atoms with Crippen LogP contribution in [0.25, 0.3) is 6.08 Å². The Morgan fingerprint density at radius 1 is 1.09 bits per heavy atom. The number of nitrogens with zero attached hydrogens (tertiary/aromatic N) is 2. The molecule has 6 nitrogen and oxygen atoms in total. The van der Waals surface area contributed by atoms with Crippen LogP contribution in [-0.4, -0.2) is 18.2 Å². The van der Waals surface area contributed by atoms with Crippen LogP contribution in [0.3, 0.4) is 0 Å². The molecule has 0 aliphatic carbocycles. The van der Waals surface area contributed by atoms with Crippen molar-refractivity contribution in [1.82, 2.24) is 5.32 Å². The molecule has 0 saturated carbocycles. The largest absolute Gasteiger partial charge is 0.493 e. The standard InChI is InChI=1S/C26H21N3O3S/c1-17-7-10-21(11-8-17)28-26-29-25(30)24(33-26)14-18-9-12-22(23(13-18)31-2)32-16-20-6-4-3-5-19(20)15-27/h3-14H,16H2,1-2H3,(H,28,29,30)/b24-14+. The van der Waals surface area contributed by atoms with Crippen molar-refractivity contribution in [2.75, 3.05) is 7.11 Å². The quantitative estimate of drug-likeness (QED) is 0.507. The van der Waals surface area contributed by atoms with Gasteiger partial charge in [0.15, 0.2) is 16.7 Å². The maximum absolute atomic E-state index is 12.4. The van der Waals surface area contributed by atoms with Gasteiger partial charge in [-0.05, 0) is 60.7 Å². The lowest BCUT2D eigenvalue weighted by Crippen LogP contribution is -2.19. The Labute approximate surface area is 196 Å². The van der Waals surface area contributed by atoms with Gasteiger partial charge in [-0.3, -0.25) is 4.79 Å². The highest BCUT2D eigenvalue weighted by Gasteiger charge is 2.24. The Hall–Kier alpha value is -4.02. The summed E-state index contributed by atoms with van der Waals surface area (Å²) in [5.41, 5.74) is 4.10. The number of nitriles is 1. The second-order valence-electron chi connectivity index (χ2n) is 7.29. The van der Waals surface area contributed by atoms with Crippen molar-refractivity contribution >= 4 is 34.6 Å². The normalized spacial score (nSPS) is 15.4. The van der Waals surface area contributed by atoms with Crippen LogP contribution in [0, 0.1) is 18.3 Å². The van der Waals surface area contributed by atoms with E-state index < -0.39 is 0 Å². The van der Waals surface area contributed by atoms with Gasteiger partial charge in [-0.1, -0.05) is 42.0 Å². The summed E-state index contributed by atoms with van der Waals surface area (Å²) in [7, 11) is 1.56. The van der Waals surface area contributed by atoms with Crippen LogP contribution < -0.4 is 14.8 Å². The highest BCUT2D eigenvalue weighted by atomic mass is 32.2. The van der Waals surface area contributed by atoms with Crippen LogP contribution in [0.4, 0.5) is 5.69 Å². The summed E-state index contributed by atoms with van der Waals surface area (Å²) in [4.78, 5) is 17.4. The van der Waals surface area contributed by atoms with Gasteiger partial charge >= 0.3 is 0 Å². The first-order chi connectivity index (χ1) is 16.1. The number of hydrogen-bond donors (Lipinski definition) is 1. The first-order valence-corrected chi connectivity index (χ1v) is 11.0. The first-order valence-electron chi connectivity index (χ1n) is 10.2. The molecule has 33 heavy (non-hydrogen) atoms. The van der Waals surface area contributed by atoms with Crippen molar-refractivity contribution in [1.29, 1.82) is 5.26 Å². The van der Waals surface area contributed by atoms with E-state index in [9.17, 15) is 10.1 Å². The van der Waals surface area contributed by atoms with Gasteiger partial charge in [0.1, 0.15) is 6.61 Å². The minimum Gasteiger partial charge on any atom is -0.493 e. The van der Waals surface area contributed by atoms with Crippen LogP contribution in [0.5, 0.6) is 11.5 Å². The van der Waals surface area contributed by atoms with E-state index in [1.165, 1.54) is 11.8 Å². The van der Waals surface area contributed by atoms with Gasteiger partial charge in [0.2, 0.25) is 0 Å². The molecular weight excluding hydrogens is 434 g/mol. The number of aliphatic imine (C=N–C) groups is 1. The fraction of sp³-hybridized carbons (Fsp3) is 0.115. The van der Waals surface area contributed by atoms with E-state index in [4.69, 9.17) is 9.47 Å². The first kappa shape index (κ1) is 22.2. The van der Waals surface area contributed by atoms with Crippen molar-refractivity contribution in [3.8, 4) is 17.6 Å². The molecule has 3 aromatic carbocycles. The van der Waals surface area contributed by atoms with E-state index in [0.29, 0.717) is 27.1 Å². The van der Waals surface area contributed by atoms with Crippen molar-refractivity contribution < 1.29 is 14.3 Å². The maximum Gasteiger partial charge on any atom is 0.264 e. The van der Waals surface area contributed by atoms with Crippen molar-refractivity contribution in [3.05, 3.63) is 93.9 Å². The molecule has 1 N–H and O–H groups in total. The zero-order chi connectivity index (χ0) is 23.2. The van der Waals surface area contributed by atoms with Crippen LogP contribution >= 0.6 is 11.8 Å². The minimum absolute atomic E-state index is 0.196. The number of rotatable bonds is 6. The summed E-state index contributed by atoms with van der Waals surface area (Å²) < 4.78 is 11.4. The molecule has 4 rings (SSSR count). The number of amidine groups is 1. The van der Waals surface area contributed by atoms with Crippen molar-refractivity contribution in [2.24, 2.45) is 4.99 Å². The summed E-state index contributed by atoms with van der Waals surface area (Å²) in [6.45, 7) is 2.26.